The highest BCUT2D eigenvalue weighted by Gasteiger charge is 2.17. The van der Waals surface area contributed by atoms with E-state index in [1.54, 1.807) is 6.92 Å². The zero-order valence-corrected chi connectivity index (χ0v) is 13.4. The van der Waals surface area contributed by atoms with Crippen molar-refractivity contribution < 1.29 is 12.8 Å². The van der Waals surface area contributed by atoms with E-state index in [4.69, 9.17) is 0 Å². The number of hydrogen-bond donors (Lipinski definition) is 1. The van der Waals surface area contributed by atoms with Gasteiger partial charge in [-0.15, -0.1) is 0 Å². The van der Waals surface area contributed by atoms with E-state index in [1.807, 2.05) is 42.5 Å². The minimum atomic E-state index is -3.69. The van der Waals surface area contributed by atoms with E-state index in [-0.39, 0.29) is 11.4 Å². The number of sulfonamides is 1. The summed E-state index contributed by atoms with van der Waals surface area (Å²) in [6.07, 6.45) is 0. The Labute approximate surface area is 134 Å². The highest BCUT2D eigenvalue weighted by molar-refractivity contribution is 7.89. The van der Waals surface area contributed by atoms with Gasteiger partial charge >= 0.3 is 0 Å². The molecule has 3 aromatic rings. The molecule has 0 saturated carbocycles. The lowest BCUT2D eigenvalue weighted by Gasteiger charge is -2.11. The van der Waals surface area contributed by atoms with Gasteiger partial charge in [0, 0.05) is 6.54 Å². The van der Waals surface area contributed by atoms with Gasteiger partial charge in [0.1, 0.15) is 5.82 Å². The maximum Gasteiger partial charge on any atom is 0.241 e. The van der Waals surface area contributed by atoms with Crippen LogP contribution in [0, 0.1) is 12.7 Å². The van der Waals surface area contributed by atoms with Crippen molar-refractivity contribution in [1.82, 2.24) is 4.72 Å². The molecule has 0 aromatic heterocycles. The first-order valence-electron chi connectivity index (χ1n) is 7.20. The number of halogens is 1. The second kappa shape index (κ2) is 6.10. The van der Waals surface area contributed by atoms with Crippen LogP contribution in [0.5, 0.6) is 0 Å². The Balaban J connectivity index is 1.89. The van der Waals surface area contributed by atoms with Crippen LogP contribution in [0.4, 0.5) is 4.39 Å². The lowest BCUT2D eigenvalue weighted by atomic mass is 10.1. The molecule has 0 fully saturated rings. The van der Waals surface area contributed by atoms with E-state index in [0.29, 0.717) is 5.56 Å². The van der Waals surface area contributed by atoms with Gasteiger partial charge in [-0.3, -0.25) is 0 Å². The van der Waals surface area contributed by atoms with Crippen molar-refractivity contribution in [2.45, 2.75) is 18.4 Å². The quantitative estimate of drug-likeness (QED) is 0.792. The highest BCUT2D eigenvalue weighted by atomic mass is 32.2. The molecule has 0 spiro atoms. The van der Waals surface area contributed by atoms with Crippen LogP contribution in [-0.4, -0.2) is 8.42 Å². The highest BCUT2D eigenvalue weighted by Crippen LogP contribution is 2.20. The Morgan fingerprint density at radius 3 is 2.52 bits per heavy atom. The number of nitrogens with one attached hydrogen (secondary N) is 1. The van der Waals surface area contributed by atoms with E-state index in [1.165, 1.54) is 12.1 Å². The van der Waals surface area contributed by atoms with Crippen LogP contribution in [0.1, 0.15) is 11.1 Å². The molecule has 0 atom stereocenters. The molecular weight excluding hydrogens is 313 g/mol. The minimum absolute atomic E-state index is 0.0964. The van der Waals surface area contributed by atoms with E-state index in [2.05, 4.69) is 4.72 Å². The van der Waals surface area contributed by atoms with Gasteiger partial charge in [0.05, 0.1) is 4.90 Å². The fraction of sp³-hybridized carbons (Fsp3) is 0.111. The van der Waals surface area contributed by atoms with Crippen LogP contribution >= 0.6 is 0 Å². The number of hydrogen-bond acceptors (Lipinski definition) is 2. The summed E-state index contributed by atoms with van der Waals surface area (Å²) in [6, 6.07) is 17.2. The van der Waals surface area contributed by atoms with Crippen molar-refractivity contribution in [2.24, 2.45) is 0 Å². The average molecular weight is 329 g/mol. The Kier molecular flexibility index (Phi) is 4.15. The van der Waals surface area contributed by atoms with Crippen molar-refractivity contribution in [3.63, 3.8) is 0 Å². The van der Waals surface area contributed by atoms with Gasteiger partial charge < -0.3 is 0 Å². The second-order valence-electron chi connectivity index (χ2n) is 5.37. The summed E-state index contributed by atoms with van der Waals surface area (Å²) in [5.41, 5.74) is 1.28. The van der Waals surface area contributed by atoms with Crippen molar-refractivity contribution >= 4 is 20.8 Å². The van der Waals surface area contributed by atoms with Gasteiger partial charge in [-0.2, -0.15) is 0 Å². The topological polar surface area (TPSA) is 46.2 Å². The maximum atomic E-state index is 13.1. The molecule has 3 rings (SSSR count). The molecule has 118 valence electrons. The first kappa shape index (κ1) is 15.6. The van der Waals surface area contributed by atoms with Crippen LogP contribution in [0.15, 0.2) is 65.6 Å². The zero-order chi connectivity index (χ0) is 16.4. The van der Waals surface area contributed by atoms with Gasteiger partial charge in [-0.25, -0.2) is 17.5 Å². The third-order valence-electron chi connectivity index (χ3n) is 3.76. The predicted octanol–water partition coefficient (Wildman–Crippen LogP) is 3.77. The molecule has 5 heteroatoms. The number of benzene rings is 3. The Morgan fingerprint density at radius 2 is 1.74 bits per heavy atom. The molecule has 0 amide bonds. The van der Waals surface area contributed by atoms with Gasteiger partial charge in [0.2, 0.25) is 10.0 Å². The van der Waals surface area contributed by atoms with E-state index in [9.17, 15) is 12.8 Å². The number of fused-ring (bicyclic) bond motifs is 1. The first-order chi connectivity index (χ1) is 11.0. The van der Waals surface area contributed by atoms with Crippen LogP contribution in [0.3, 0.4) is 0 Å². The third kappa shape index (κ3) is 3.25. The van der Waals surface area contributed by atoms with E-state index in [0.717, 1.165) is 22.4 Å². The molecule has 0 aliphatic carbocycles. The first-order valence-corrected chi connectivity index (χ1v) is 8.68. The smallest absolute Gasteiger partial charge is 0.207 e. The van der Waals surface area contributed by atoms with E-state index < -0.39 is 15.8 Å². The lowest BCUT2D eigenvalue weighted by molar-refractivity contribution is 0.579. The molecule has 1 N–H and O–H groups in total. The fourth-order valence-electron chi connectivity index (χ4n) is 2.61. The summed E-state index contributed by atoms with van der Waals surface area (Å²) in [5.74, 6) is -0.449. The van der Waals surface area contributed by atoms with Crippen molar-refractivity contribution in [3.8, 4) is 0 Å². The normalized spacial score (nSPS) is 11.7. The standard InChI is InChI=1S/C18H16FNO2S/c1-13-11-16(19)9-10-18(13)23(21,22)20-12-15-7-4-6-14-5-2-3-8-17(14)15/h2-11,20H,12H2,1H3. The number of rotatable bonds is 4. The van der Waals surface area contributed by atoms with Gasteiger partial charge in [0.15, 0.2) is 0 Å². The molecule has 3 aromatic carbocycles. The Hall–Kier alpha value is -2.24. The molecule has 0 radical (unpaired) electrons. The maximum absolute atomic E-state index is 13.1. The average Bonchev–Trinajstić information content (AvgIpc) is 2.52. The van der Waals surface area contributed by atoms with Crippen LogP contribution in [-0.2, 0) is 16.6 Å². The molecule has 0 bridgehead atoms. The largest absolute Gasteiger partial charge is 0.241 e. The third-order valence-corrected chi connectivity index (χ3v) is 5.32. The Morgan fingerprint density at radius 1 is 1.00 bits per heavy atom. The minimum Gasteiger partial charge on any atom is -0.207 e. The summed E-state index contributed by atoms with van der Waals surface area (Å²) >= 11 is 0. The molecule has 0 unspecified atom stereocenters. The van der Waals surface area contributed by atoms with E-state index >= 15 is 0 Å². The Bertz CT molecular complexity index is 962. The monoisotopic (exact) mass is 329 g/mol. The number of aryl methyl sites for hydroxylation is 1. The summed E-state index contributed by atoms with van der Waals surface area (Å²) in [7, 11) is -3.69. The molecule has 0 heterocycles. The summed E-state index contributed by atoms with van der Waals surface area (Å²) in [5, 5.41) is 2.07. The zero-order valence-electron chi connectivity index (χ0n) is 12.6. The molecule has 23 heavy (non-hydrogen) atoms. The summed E-state index contributed by atoms with van der Waals surface area (Å²) < 4.78 is 40.6. The van der Waals surface area contributed by atoms with Crippen molar-refractivity contribution in [1.29, 1.82) is 0 Å². The SMILES string of the molecule is Cc1cc(F)ccc1S(=O)(=O)NCc1cccc2ccccc12. The van der Waals surface area contributed by atoms with Gasteiger partial charge in [-0.05, 0) is 47.0 Å². The van der Waals surface area contributed by atoms with Gasteiger partial charge in [-0.1, -0.05) is 42.5 Å². The molecule has 0 saturated heterocycles. The molecule has 0 aliphatic rings. The van der Waals surface area contributed by atoms with Crippen LogP contribution in [0.2, 0.25) is 0 Å². The summed E-state index contributed by atoms with van der Waals surface area (Å²) in [6.45, 7) is 1.76. The summed E-state index contributed by atoms with van der Waals surface area (Å²) in [4.78, 5) is 0.0964. The molecular formula is C18H16FNO2S. The molecule has 0 aliphatic heterocycles. The molecule has 3 nitrogen and oxygen atoms in total. The fourth-order valence-corrected chi connectivity index (χ4v) is 3.84. The van der Waals surface area contributed by atoms with Crippen molar-refractivity contribution in [2.75, 3.05) is 0 Å². The van der Waals surface area contributed by atoms with Crippen LogP contribution in [0.25, 0.3) is 10.8 Å². The lowest BCUT2D eigenvalue weighted by Crippen LogP contribution is -2.24. The predicted molar refractivity (Wildman–Crippen MR) is 89.1 cm³/mol. The van der Waals surface area contributed by atoms with Crippen molar-refractivity contribution in [3.05, 3.63) is 77.6 Å². The van der Waals surface area contributed by atoms with Gasteiger partial charge in [0.25, 0.3) is 0 Å². The second-order valence-corrected chi connectivity index (χ2v) is 7.11. The van der Waals surface area contributed by atoms with Crippen LogP contribution < -0.4 is 4.72 Å².